The maximum atomic E-state index is 10.4. The van der Waals surface area contributed by atoms with Gasteiger partial charge in [0.05, 0.1) is 12.0 Å². The standard InChI is InChI=1S/C6H11NO3/c7-10-5-3-1-2-4(5)6(8)9/h4-5H,1-3,7H2,(H,8,9). The zero-order valence-corrected chi connectivity index (χ0v) is 5.62. The summed E-state index contributed by atoms with van der Waals surface area (Å²) in [4.78, 5) is 14.9. The topological polar surface area (TPSA) is 72.5 Å². The minimum Gasteiger partial charge on any atom is -0.481 e. The summed E-state index contributed by atoms with van der Waals surface area (Å²) in [7, 11) is 0. The quantitative estimate of drug-likeness (QED) is 0.542. The molecule has 1 fully saturated rings. The van der Waals surface area contributed by atoms with Crippen molar-refractivity contribution in [2.45, 2.75) is 25.4 Å². The number of rotatable bonds is 2. The molecule has 4 nitrogen and oxygen atoms in total. The molecule has 10 heavy (non-hydrogen) atoms. The third-order valence-electron chi connectivity index (χ3n) is 1.94. The SMILES string of the molecule is NOC1CCCC1C(=O)O. The zero-order chi connectivity index (χ0) is 7.56. The van der Waals surface area contributed by atoms with Crippen LogP contribution in [0.5, 0.6) is 0 Å². The molecule has 0 bridgehead atoms. The summed E-state index contributed by atoms with van der Waals surface area (Å²) in [6.45, 7) is 0. The van der Waals surface area contributed by atoms with Gasteiger partial charge in [-0.1, -0.05) is 0 Å². The van der Waals surface area contributed by atoms with Crippen molar-refractivity contribution >= 4 is 5.97 Å². The van der Waals surface area contributed by atoms with Crippen LogP contribution in [0.15, 0.2) is 0 Å². The third-order valence-corrected chi connectivity index (χ3v) is 1.94. The lowest BCUT2D eigenvalue weighted by Gasteiger charge is -2.11. The highest BCUT2D eigenvalue weighted by atomic mass is 16.6. The molecule has 3 N–H and O–H groups in total. The lowest BCUT2D eigenvalue weighted by atomic mass is 10.1. The molecule has 0 radical (unpaired) electrons. The van der Waals surface area contributed by atoms with Gasteiger partial charge in [0.15, 0.2) is 0 Å². The Morgan fingerprint density at radius 3 is 2.70 bits per heavy atom. The summed E-state index contributed by atoms with van der Waals surface area (Å²) in [6, 6.07) is 0. The molecule has 2 unspecified atom stereocenters. The molecule has 1 rings (SSSR count). The van der Waals surface area contributed by atoms with E-state index in [0.29, 0.717) is 6.42 Å². The molecule has 0 aromatic rings. The molecule has 0 heterocycles. The van der Waals surface area contributed by atoms with Gasteiger partial charge < -0.3 is 9.94 Å². The van der Waals surface area contributed by atoms with Crippen molar-refractivity contribution in [3.8, 4) is 0 Å². The van der Waals surface area contributed by atoms with E-state index in [-0.39, 0.29) is 12.0 Å². The number of nitrogens with two attached hydrogens (primary N) is 1. The Bertz CT molecular complexity index is 137. The summed E-state index contributed by atoms with van der Waals surface area (Å²) in [5.74, 6) is 3.72. The highest BCUT2D eigenvalue weighted by Crippen LogP contribution is 2.27. The van der Waals surface area contributed by atoms with Crippen molar-refractivity contribution in [1.29, 1.82) is 0 Å². The van der Waals surface area contributed by atoms with E-state index >= 15 is 0 Å². The molecule has 0 spiro atoms. The minimum absolute atomic E-state index is 0.266. The summed E-state index contributed by atoms with van der Waals surface area (Å²) in [6.07, 6.45) is 2.10. The van der Waals surface area contributed by atoms with Crippen LogP contribution in [0.1, 0.15) is 19.3 Å². The Hall–Kier alpha value is -0.610. The van der Waals surface area contributed by atoms with Gasteiger partial charge in [-0.2, -0.15) is 0 Å². The second-order valence-corrected chi connectivity index (χ2v) is 2.55. The zero-order valence-electron chi connectivity index (χ0n) is 5.62. The molecule has 2 atom stereocenters. The van der Waals surface area contributed by atoms with Crippen molar-refractivity contribution in [3.63, 3.8) is 0 Å². The van der Waals surface area contributed by atoms with E-state index in [9.17, 15) is 4.79 Å². The number of aliphatic carboxylic acids is 1. The fourth-order valence-electron chi connectivity index (χ4n) is 1.37. The lowest BCUT2D eigenvalue weighted by Crippen LogP contribution is -2.27. The van der Waals surface area contributed by atoms with Crippen LogP contribution in [0, 0.1) is 5.92 Å². The van der Waals surface area contributed by atoms with Gasteiger partial charge in [-0.05, 0) is 19.3 Å². The van der Waals surface area contributed by atoms with Crippen LogP contribution >= 0.6 is 0 Å². The number of carboxylic acid groups (broad SMARTS) is 1. The number of hydrogen-bond donors (Lipinski definition) is 2. The Balaban J connectivity index is 2.50. The van der Waals surface area contributed by atoms with Gasteiger partial charge in [-0.15, -0.1) is 0 Å². The largest absolute Gasteiger partial charge is 0.481 e. The molecule has 0 aliphatic heterocycles. The van der Waals surface area contributed by atoms with Crippen molar-refractivity contribution in [1.82, 2.24) is 0 Å². The first-order valence-electron chi connectivity index (χ1n) is 3.34. The van der Waals surface area contributed by atoms with Crippen LogP contribution in [-0.2, 0) is 9.63 Å². The van der Waals surface area contributed by atoms with Gasteiger partial charge in [0.2, 0.25) is 0 Å². The van der Waals surface area contributed by atoms with Gasteiger partial charge in [0.25, 0.3) is 0 Å². The number of carbonyl (C=O) groups is 1. The van der Waals surface area contributed by atoms with Gasteiger partial charge in [-0.25, -0.2) is 5.90 Å². The van der Waals surface area contributed by atoms with Crippen molar-refractivity contribution in [2.24, 2.45) is 11.8 Å². The van der Waals surface area contributed by atoms with Crippen LogP contribution in [0.3, 0.4) is 0 Å². The Morgan fingerprint density at radius 2 is 2.30 bits per heavy atom. The second-order valence-electron chi connectivity index (χ2n) is 2.55. The normalized spacial score (nSPS) is 32.5. The first-order valence-corrected chi connectivity index (χ1v) is 3.34. The average Bonchev–Trinajstić information content (AvgIpc) is 2.33. The van der Waals surface area contributed by atoms with E-state index in [1.807, 2.05) is 0 Å². The molecular formula is C6H11NO3. The van der Waals surface area contributed by atoms with Crippen molar-refractivity contribution < 1.29 is 14.7 Å². The fourth-order valence-corrected chi connectivity index (χ4v) is 1.37. The fraction of sp³-hybridized carbons (Fsp3) is 0.833. The van der Waals surface area contributed by atoms with Crippen LogP contribution in [-0.4, -0.2) is 17.2 Å². The van der Waals surface area contributed by atoms with Crippen LogP contribution < -0.4 is 5.90 Å². The van der Waals surface area contributed by atoms with Crippen LogP contribution in [0.2, 0.25) is 0 Å². The maximum absolute atomic E-state index is 10.4. The van der Waals surface area contributed by atoms with E-state index in [0.717, 1.165) is 12.8 Å². The van der Waals surface area contributed by atoms with E-state index in [4.69, 9.17) is 11.0 Å². The molecule has 0 amide bonds. The van der Waals surface area contributed by atoms with Crippen molar-refractivity contribution in [3.05, 3.63) is 0 Å². The second kappa shape index (κ2) is 2.98. The summed E-state index contributed by atoms with van der Waals surface area (Å²) >= 11 is 0. The number of hydrogen-bond acceptors (Lipinski definition) is 3. The summed E-state index contributed by atoms with van der Waals surface area (Å²) in [5.41, 5.74) is 0. The Kier molecular flexibility index (Phi) is 2.24. The predicted molar refractivity (Wildman–Crippen MR) is 34.0 cm³/mol. The molecule has 0 saturated heterocycles. The van der Waals surface area contributed by atoms with E-state index in [2.05, 4.69) is 4.84 Å². The van der Waals surface area contributed by atoms with Gasteiger partial charge in [0, 0.05) is 0 Å². The third kappa shape index (κ3) is 1.27. The molecule has 4 heteroatoms. The van der Waals surface area contributed by atoms with Crippen LogP contribution in [0.25, 0.3) is 0 Å². The Labute approximate surface area is 58.9 Å². The summed E-state index contributed by atoms with van der Waals surface area (Å²) < 4.78 is 0. The van der Waals surface area contributed by atoms with Crippen molar-refractivity contribution in [2.75, 3.05) is 0 Å². The van der Waals surface area contributed by atoms with Gasteiger partial charge >= 0.3 is 5.97 Å². The number of carboxylic acids is 1. The molecule has 1 saturated carbocycles. The predicted octanol–water partition coefficient (Wildman–Crippen LogP) is 0.130. The lowest BCUT2D eigenvalue weighted by molar-refractivity contribution is -0.146. The smallest absolute Gasteiger partial charge is 0.309 e. The minimum atomic E-state index is -0.798. The van der Waals surface area contributed by atoms with E-state index < -0.39 is 5.97 Å². The highest BCUT2D eigenvalue weighted by Gasteiger charge is 2.33. The first-order chi connectivity index (χ1) is 4.75. The molecule has 1 aliphatic rings. The van der Waals surface area contributed by atoms with Gasteiger partial charge in [-0.3, -0.25) is 4.79 Å². The maximum Gasteiger partial charge on any atom is 0.309 e. The molecular weight excluding hydrogens is 134 g/mol. The molecule has 1 aliphatic carbocycles. The van der Waals surface area contributed by atoms with Crippen LogP contribution in [0.4, 0.5) is 0 Å². The Morgan fingerprint density at radius 1 is 1.60 bits per heavy atom. The summed E-state index contributed by atoms with van der Waals surface area (Å²) in [5, 5.41) is 8.58. The monoisotopic (exact) mass is 145 g/mol. The average molecular weight is 145 g/mol. The highest BCUT2D eigenvalue weighted by molar-refractivity contribution is 5.71. The molecule has 58 valence electrons. The van der Waals surface area contributed by atoms with E-state index in [1.165, 1.54) is 0 Å². The van der Waals surface area contributed by atoms with Gasteiger partial charge in [0.1, 0.15) is 0 Å². The van der Waals surface area contributed by atoms with E-state index in [1.54, 1.807) is 0 Å². The molecule has 0 aromatic carbocycles. The first kappa shape index (κ1) is 7.50. The molecule has 0 aromatic heterocycles.